The van der Waals surface area contributed by atoms with E-state index in [0.29, 0.717) is 11.6 Å². The molecule has 122 valence electrons. The molecule has 2 rings (SSSR count). The van der Waals surface area contributed by atoms with Crippen molar-refractivity contribution in [3.8, 4) is 0 Å². The number of aromatic nitrogens is 2. The first-order chi connectivity index (χ1) is 11.0. The maximum atomic E-state index is 11.0. The molecule has 1 aromatic heterocycles. The monoisotopic (exact) mass is 331 g/mol. The molecule has 2 aromatic rings. The zero-order chi connectivity index (χ0) is 16.8. The third kappa shape index (κ3) is 4.45. The Hall–Kier alpha value is -2.07. The molecule has 0 atom stereocenters. The average molecular weight is 332 g/mol. The molecule has 0 aliphatic heterocycles. The smallest absolute Gasteiger partial charge is 0.109 e. The Morgan fingerprint density at radius 1 is 1.39 bits per heavy atom. The van der Waals surface area contributed by atoms with Gasteiger partial charge >= 0.3 is 0 Å². The van der Waals surface area contributed by atoms with Gasteiger partial charge in [-0.25, -0.2) is 4.98 Å². The molecule has 0 aliphatic rings. The Bertz CT molecular complexity index is 720. The maximum Gasteiger partial charge on any atom is 0.109 e. The molecule has 0 spiro atoms. The van der Waals surface area contributed by atoms with Crippen molar-refractivity contribution in [3.05, 3.63) is 58.1 Å². The number of carboxylic acid groups (broad SMARTS) is 1. The fraction of sp³-hybridized carbons (Fsp3) is 0.333. The Balaban J connectivity index is 2.40. The summed E-state index contributed by atoms with van der Waals surface area (Å²) in [7, 11) is 0. The second-order valence-corrected chi connectivity index (χ2v) is 5.90. The fourth-order valence-electron chi connectivity index (χ4n) is 2.34. The number of hydrogen-bond acceptors (Lipinski definition) is 3. The summed E-state index contributed by atoms with van der Waals surface area (Å²) < 4.78 is 2.02. The van der Waals surface area contributed by atoms with E-state index in [-0.39, 0.29) is 5.57 Å². The molecule has 0 N–H and O–H groups in total. The van der Waals surface area contributed by atoms with Crippen LogP contribution in [0.25, 0.3) is 6.08 Å². The number of aryl methyl sites for hydroxylation is 1. The summed E-state index contributed by atoms with van der Waals surface area (Å²) in [6, 6.07) is 7.64. The molecule has 5 heteroatoms. The number of rotatable bonds is 7. The van der Waals surface area contributed by atoms with Crippen LogP contribution < -0.4 is 5.11 Å². The van der Waals surface area contributed by atoms with Crippen LogP contribution in [-0.4, -0.2) is 15.5 Å². The van der Waals surface area contributed by atoms with Gasteiger partial charge in [0.05, 0.1) is 24.4 Å². The largest absolute Gasteiger partial charge is 0.545 e. The first kappa shape index (κ1) is 17.3. The van der Waals surface area contributed by atoms with Gasteiger partial charge in [-0.15, -0.1) is 0 Å². The summed E-state index contributed by atoms with van der Waals surface area (Å²) in [5.74, 6) is -0.241. The number of carbonyl (C=O) groups is 1. The van der Waals surface area contributed by atoms with Crippen LogP contribution in [0.1, 0.15) is 43.8 Å². The number of benzene rings is 1. The van der Waals surface area contributed by atoms with Crippen LogP contribution in [0.15, 0.2) is 36.0 Å². The molecule has 1 heterocycles. The van der Waals surface area contributed by atoms with Gasteiger partial charge in [0.25, 0.3) is 0 Å². The molecule has 0 saturated heterocycles. The highest BCUT2D eigenvalue weighted by Gasteiger charge is 2.11. The second-order valence-electron chi connectivity index (χ2n) is 5.50. The number of imidazole rings is 1. The lowest BCUT2D eigenvalue weighted by atomic mass is 10.2. The summed E-state index contributed by atoms with van der Waals surface area (Å²) in [5, 5.41) is 11.7. The maximum absolute atomic E-state index is 11.0. The van der Waals surface area contributed by atoms with E-state index in [1.807, 2.05) is 28.8 Å². The SMILES string of the molecule is CCCCc1ncc(/C=C(\C)C(=O)[O-])n1Cc1ccccc1Cl. The highest BCUT2D eigenvalue weighted by atomic mass is 35.5. The average Bonchev–Trinajstić information content (AvgIpc) is 2.89. The lowest BCUT2D eigenvalue weighted by Crippen LogP contribution is -2.23. The lowest BCUT2D eigenvalue weighted by molar-refractivity contribution is -0.299. The van der Waals surface area contributed by atoms with Crippen LogP contribution in [0.3, 0.4) is 0 Å². The van der Waals surface area contributed by atoms with Crippen molar-refractivity contribution in [1.29, 1.82) is 0 Å². The number of carboxylic acids is 1. The molecule has 1 aromatic carbocycles. The van der Waals surface area contributed by atoms with Crippen molar-refractivity contribution in [1.82, 2.24) is 9.55 Å². The van der Waals surface area contributed by atoms with E-state index in [4.69, 9.17) is 11.6 Å². The number of unbranched alkanes of at least 4 members (excludes halogenated alkanes) is 1. The first-order valence-electron chi connectivity index (χ1n) is 7.70. The number of nitrogens with zero attached hydrogens (tertiary/aromatic N) is 2. The molecular formula is C18H20ClN2O2-. The van der Waals surface area contributed by atoms with Crippen LogP contribution in [-0.2, 0) is 17.8 Å². The van der Waals surface area contributed by atoms with E-state index < -0.39 is 5.97 Å². The molecule has 0 fully saturated rings. The lowest BCUT2D eigenvalue weighted by Gasteiger charge is -2.12. The Morgan fingerprint density at radius 2 is 2.13 bits per heavy atom. The fourth-order valence-corrected chi connectivity index (χ4v) is 2.53. The summed E-state index contributed by atoms with van der Waals surface area (Å²) in [6.07, 6.45) is 6.24. The van der Waals surface area contributed by atoms with Crippen molar-refractivity contribution >= 4 is 23.6 Å². The number of aliphatic carboxylic acids is 1. The Labute approximate surface area is 141 Å². The van der Waals surface area contributed by atoms with Gasteiger partial charge in [-0.05, 0) is 36.6 Å². The first-order valence-corrected chi connectivity index (χ1v) is 8.08. The van der Waals surface area contributed by atoms with Crippen molar-refractivity contribution in [3.63, 3.8) is 0 Å². The topological polar surface area (TPSA) is 57.9 Å². The van der Waals surface area contributed by atoms with Crippen LogP contribution in [0, 0.1) is 0 Å². The quantitative estimate of drug-likeness (QED) is 0.732. The van der Waals surface area contributed by atoms with Gasteiger partial charge in [-0.2, -0.15) is 0 Å². The van der Waals surface area contributed by atoms with Crippen molar-refractivity contribution in [2.45, 2.75) is 39.7 Å². The van der Waals surface area contributed by atoms with Gasteiger partial charge in [0.1, 0.15) is 5.82 Å². The van der Waals surface area contributed by atoms with E-state index in [1.54, 1.807) is 12.3 Å². The molecule has 0 saturated carbocycles. The van der Waals surface area contributed by atoms with Crippen LogP contribution in [0.5, 0.6) is 0 Å². The van der Waals surface area contributed by atoms with E-state index in [0.717, 1.165) is 36.3 Å². The molecule has 0 radical (unpaired) electrons. The van der Waals surface area contributed by atoms with Gasteiger partial charge in [0.15, 0.2) is 0 Å². The Morgan fingerprint density at radius 3 is 2.78 bits per heavy atom. The molecule has 4 nitrogen and oxygen atoms in total. The minimum Gasteiger partial charge on any atom is -0.545 e. The van der Waals surface area contributed by atoms with Gasteiger partial charge in [-0.1, -0.05) is 43.1 Å². The molecule has 0 amide bonds. The predicted octanol–water partition coefficient (Wildman–Crippen LogP) is 3.08. The number of carbonyl (C=O) groups excluding carboxylic acids is 1. The highest BCUT2D eigenvalue weighted by Crippen LogP contribution is 2.20. The van der Waals surface area contributed by atoms with Crippen LogP contribution in [0.2, 0.25) is 5.02 Å². The minimum atomic E-state index is -1.18. The third-order valence-corrected chi connectivity index (χ3v) is 4.06. The van der Waals surface area contributed by atoms with Crippen molar-refractivity contribution in [2.75, 3.05) is 0 Å². The van der Waals surface area contributed by atoms with Gasteiger partial charge in [-0.3, -0.25) is 0 Å². The van der Waals surface area contributed by atoms with Crippen molar-refractivity contribution in [2.24, 2.45) is 0 Å². The molecule has 0 bridgehead atoms. The summed E-state index contributed by atoms with van der Waals surface area (Å²) in [5.41, 5.74) is 1.90. The molecule has 0 unspecified atom stereocenters. The van der Waals surface area contributed by atoms with Gasteiger partial charge in [0, 0.05) is 11.4 Å². The zero-order valence-electron chi connectivity index (χ0n) is 13.4. The van der Waals surface area contributed by atoms with Crippen LogP contribution >= 0.6 is 11.6 Å². The standard InChI is InChI=1S/C18H21ClN2O2/c1-3-4-9-17-20-11-15(10-13(2)18(22)23)21(17)12-14-7-5-6-8-16(14)19/h5-8,10-11H,3-4,9,12H2,1-2H3,(H,22,23)/p-1/b13-10+. The predicted molar refractivity (Wildman–Crippen MR) is 90.1 cm³/mol. The summed E-state index contributed by atoms with van der Waals surface area (Å²) >= 11 is 6.25. The molecule has 0 aliphatic carbocycles. The van der Waals surface area contributed by atoms with E-state index in [2.05, 4.69) is 11.9 Å². The minimum absolute atomic E-state index is 0.173. The van der Waals surface area contributed by atoms with Gasteiger partial charge < -0.3 is 14.5 Å². The normalized spacial score (nSPS) is 11.7. The third-order valence-electron chi connectivity index (χ3n) is 3.70. The summed E-state index contributed by atoms with van der Waals surface area (Å²) in [4.78, 5) is 15.4. The van der Waals surface area contributed by atoms with Crippen molar-refractivity contribution < 1.29 is 9.90 Å². The van der Waals surface area contributed by atoms with E-state index in [9.17, 15) is 9.90 Å². The zero-order valence-corrected chi connectivity index (χ0v) is 14.1. The van der Waals surface area contributed by atoms with Gasteiger partial charge in [0.2, 0.25) is 0 Å². The van der Waals surface area contributed by atoms with E-state index >= 15 is 0 Å². The second kappa shape index (κ2) is 7.97. The Kier molecular flexibility index (Phi) is 5.99. The number of halogens is 1. The molecular weight excluding hydrogens is 312 g/mol. The van der Waals surface area contributed by atoms with E-state index in [1.165, 1.54) is 6.92 Å². The number of hydrogen-bond donors (Lipinski definition) is 0. The van der Waals surface area contributed by atoms with Crippen LogP contribution in [0.4, 0.5) is 0 Å². The summed E-state index contributed by atoms with van der Waals surface area (Å²) in [6.45, 7) is 4.21. The highest BCUT2D eigenvalue weighted by molar-refractivity contribution is 6.31. The molecule has 23 heavy (non-hydrogen) atoms.